The summed E-state index contributed by atoms with van der Waals surface area (Å²) in [4.78, 5) is 24.5. The number of amides is 2. The number of hydrogen-bond acceptors (Lipinski definition) is 3. The molecular weight excluding hydrogens is 393 g/mol. The normalized spacial score (nSPS) is 11.3. The first-order valence-electron chi connectivity index (χ1n) is 9.88. The van der Waals surface area contributed by atoms with Crippen molar-refractivity contribution >= 4 is 11.8 Å². The van der Waals surface area contributed by atoms with Crippen LogP contribution >= 0.6 is 0 Å². The molecule has 3 aromatic carbocycles. The van der Waals surface area contributed by atoms with Gasteiger partial charge in [0.15, 0.2) is 0 Å². The minimum Gasteiger partial charge on any atom is -0.355 e. The molecule has 0 spiro atoms. The van der Waals surface area contributed by atoms with Crippen LogP contribution in [0.3, 0.4) is 0 Å². The fourth-order valence-electron chi connectivity index (χ4n) is 3.46. The van der Waals surface area contributed by atoms with Gasteiger partial charge in [-0.15, -0.1) is 0 Å². The fourth-order valence-corrected chi connectivity index (χ4v) is 3.46. The van der Waals surface area contributed by atoms with Gasteiger partial charge in [0.05, 0.1) is 11.6 Å². The van der Waals surface area contributed by atoms with Gasteiger partial charge in [0.2, 0.25) is 0 Å². The van der Waals surface area contributed by atoms with Crippen LogP contribution in [0.1, 0.15) is 49.7 Å². The van der Waals surface area contributed by atoms with E-state index < -0.39 is 0 Å². The highest BCUT2D eigenvalue weighted by atomic mass is 19.1. The Morgan fingerprint density at radius 2 is 1.68 bits per heavy atom. The van der Waals surface area contributed by atoms with Gasteiger partial charge in [-0.25, -0.2) is 4.39 Å². The summed E-state index contributed by atoms with van der Waals surface area (Å²) in [6, 6.07) is 22.0. The topological polar surface area (TPSA) is 82.0 Å². The van der Waals surface area contributed by atoms with Crippen LogP contribution in [0.25, 0.3) is 0 Å². The number of carbonyl (C=O) groups excluding carboxylic acids is 2. The SMILES string of the molecule is CNC(=O)c1ccc(C#N)c(C(CCNC(=O)c2ccccc2)c2ccc(F)cc2)c1. The van der Waals surface area contributed by atoms with Gasteiger partial charge in [-0.2, -0.15) is 5.26 Å². The summed E-state index contributed by atoms with van der Waals surface area (Å²) in [6.45, 7) is 0.338. The minimum atomic E-state index is -0.362. The van der Waals surface area contributed by atoms with Crippen LogP contribution in [-0.2, 0) is 0 Å². The zero-order valence-corrected chi connectivity index (χ0v) is 17.1. The van der Waals surface area contributed by atoms with Crippen molar-refractivity contribution in [3.63, 3.8) is 0 Å². The van der Waals surface area contributed by atoms with E-state index in [0.717, 1.165) is 5.56 Å². The van der Waals surface area contributed by atoms with Crippen LogP contribution in [0.5, 0.6) is 0 Å². The molecule has 5 nitrogen and oxygen atoms in total. The Balaban J connectivity index is 1.90. The van der Waals surface area contributed by atoms with Crippen molar-refractivity contribution in [2.45, 2.75) is 12.3 Å². The lowest BCUT2D eigenvalue weighted by Gasteiger charge is -2.20. The van der Waals surface area contributed by atoms with Crippen LogP contribution < -0.4 is 10.6 Å². The molecule has 2 amide bonds. The number of benzene rings is 3. The largest absolute Gasteiger partial charge is 0.355 e. The van der Waals surface area contributed by atoms with Gasteiger partial charge < -0.3 is 10.6 Å². The zero-order chi connectivity index (χ0) is 22.2. The molecule has 0 fully saturated rings. The molecule has 0 aliphatic rings. The maximum absolute atomic E-state index is 13.5. The third-order valence-electron chi connectivity index (χ3n) is 5.06. The van der Waals surface area contributed by atoms with Crippen LogP contribution in [0.4, 0.5) is 4.39 Å². The summed E-state index contributed by atoms with van der Waals surface area (Å²) < 4.78 is 13.5. The Hall–Kier alpha value is -3.98. The maximum Gasteiger partial charge on any atom is 0.251 e. The van der Waals surface area contributed by atoms with E-state index >= 15 is 0 Å². The molecule has 0 saturated carbocycles. The van der Waals surface area contributed by atoms with Gasteiger partial charge >= 0.3 is 0 Å². The van der Waals surface area contributed by atoms with E-state index in [1.54, 1.807) is 54.6 Å². The Morgan fingerprint density at radius 1 is 0.968 bits per heavy atom. The van der Waals surface area contributed by atoms with E-state index in [9.17, 15) is 19.2 Å². The molecule has 31 heavy (non-hydrogen) atoms. The molecule has 1 unspecified atom stereocenters. The number of nitrogens with one attached hydrogen (secondary N) is 2. The van der Waals surface area contributed by atoms with Crippen molar-refractivity contribution < 1.29 is 14.0 Å². The van der Waals surface area contributed by atoms with Crippen molar-refractivity contribution in [2.24, 2.45) is 0 Å². The molecule has 0 bridgehead atoms. The molecule has 0 aliphatic heterocycles. The van der Waals surface area contributed by atoms with Crippen molar-refractivity contribution in [1.29, 1.82) is 5.26 Å². The average Bonchev–Trinajstić information content (AvgIpc) is 2.82. The molecule has 3 rings (SSSR count). The molecule has 1 atom stereocenters. The average molecular weight is 415 g/mol. The summed E-state index contributed by atoms with van der Waals surface area (Å²) in [5.74, 6) is -1.13. The lowest BCUT2D eigenvalue weighted by atomic mass is 9.85. The van der Waals surface area contributed by atoms with Gasteiger partial charge in [0.25, 0.3) is 11.8 Å². The van der Waals surface area contributed by atoms with Gasteiger partial charge in [-0.1, -0.05) is 30.3 Å². The third-order valence-corrected chi connectivity index (χ3v) is 5.06. The van der Waals surface area contributed by atoms with Crippen molar-refractivity contribution in [1.82, 2.24) is 10.6 Å². The first-order chi connectivity index (χ1) is 15.0. The van der Waals surface area contributed by atoms with Crippen LogP contribution in [-0.4, -0.2) is 25.4 Å². The highest BCUT2D eigenvalue weighted by molar-refractivity contribution is 5.94. The number of halogens is 1. The predicted octanol–water partition coefficient (Wildman–Crippen LogP) is 4.01. The summed E-state index contributed by atoms with van der Waals surface area (Å²) >= 11 is 0. The third kappa shape index (κ3) is 5.34. The molecule has 0 saturated heterocycles. The molecule has 6 heteroatoms. The number of carbonyl (C=O) groups is 2. The van der Waals surface area contributed by atoms with Gasteiger partial charge in [0.1, 0.15) is 5.82 Å². The molecule has 0 heterocycles. The van der Waals surface area contributed by atoms with Crippen LogP contribution in [0.2, 0.25) is 0 Å². The van der Waals surface area contributed by atoms with E-state index in [1.807, 2.05) is 6.07 Å². The smallest absolute Gasteiger partial charge is 0.251 e. The predicted molar refractivity (Wildman–Crippen MR) is 116 cm³/mol. The Kier molecular flexibility index (Phi) is 7.13. The van der Waals surface area contributed by atoms with Gasteiger partial charge in [-0.05, 0) is 60.0 Å². The Labute approximate surface area is 180 Å². The molecule has 0 aliphatic carbocycles. The lowest BCUT2D eigenvalue weighted by Crippen LogP contribution is -2.26. The first-order valence-corrected chi connectivity index (χ1v) is 9.88. The van der Waals surface area contributed by atoms with Crippen molar-refractivity contribution in [3.05, 3.63) is 106 Å². The van der Waals surface area contributed by atoms with Gasteiger partial charge in [-0.3, -0.25) is 9.59 Å². The Bertz CT molecular complexity index is 1110. The summed E-state index contributed by atoms with van der Waals surface area (Å²) in [5, 5.41) is 15.1. The summed E-state index contributed by atoms with van der Waals surface area (Å²) in [5.41, 5.74) is 2.86. The van der Waals surface area contributed by atoms with E-state index in [1.165, 1.54) is 19.2 Å². The molecule has 3 aromatic rings. The van der Waals surface area contributed by atoms with E-state index in [-0.39, 0.29) is 23.5 Å². The van der Waals surface area contributed by atoms with Crippen LogP contribution in [0, 0.1) is 17.1 Å². The monoisotopic (exact) mass is 415 g/mol. The number of hydrogen-bond donors (Lipinski definition) is 2. The van der Waals surface area contributed by atoms with E-state index in [4.69, 9.17) is 0 Å². The Morgan fingerprint density at radius 3 is 2.32 bits per heavy atom. The molecule has 156 valence electrons. The molecule has 2 N–H and O–H groups in total. The highest BCUT2D eigenvalue weighted by Gasteiger charge is 2.20. The molecule has 0 aromatic heterocycles. The second-order valence-electron chi connectivity index (χ2n) is 7.01. The van der Waals surface area contributed by atoms with E-state index in [0.29, 0.717) is 35.2 Å². The van der Waals surface area contributed by atoms with Crippen LogP contribution in [0.15, 0.2) is 72.8 Å². The summed E-state index contributed by atoms with van der Waals surface area (Å²) in [7, 11) is 1.54. The molecule has 0 radical (unpaired) electrons. The number of rotatable bonds is 7. The first kappa shape index (κ1) is 21.7. The van der Waals surface area contributed by atoms with Crippen molar-refractivity contribution in [3.8, 4) is 6.07 Å². The van der Waals surface area contributed by atoms with E-state index in [2.05, 4.69) is 16.7 Å². The lowest BCUT2D eigenvalue weighted by molar-refractivity contribution is 0.0949. The number of nitrogens with zero attached hydrogens (tertiary/aromatic N) is 1. The van der Waals surface area contributed by atoms with Gasteiger partial charge in [0, 0.05) is 30.6 Å². The summed E-state index contributed by atoms with van der Waals surface area (Å²) in [6.07, 6.45) is 0.468. The second-order valence-corrected chi connectivity index (χ2v) is 7.01. The zero-order valence-electron chi connectivity index (χ0n) is 17.1. The standard InChI is InChI=1S/C25H22FN3O2/c1-28-24(30)19-7-8-20(16-27)23(15-19)22(17-9-11-21(26)12-10-17)13-14-29-25(31)18-5-3-2-4-6-18/h2-12,15,22H,13-14H2,1H3,(H,28,30)(H,29,31). The number of nitriles is 1. The fraction of sp³-hybridized carbons (Fsp3) is 0.160. The second kappa shape index (κ2) is 10.2. The quantitative estimate of drug-likeness (QED) is 0.612. The minimum absolute atomic E-state index is 0.196. The maximum atomic E-state index is 13.5. The van der Waals surface area contributed by atoms with Crippen molar-refractivity contribution in [2.75, 3.05) is 13.6 Å². The molecular formula is C25H22FN3O2. The highest BCUT2D eigenvalue weighted by Crippen LogP contribution is 2.31.